The summed E-state index contributed by atoms with van der Waals surface area (Å²) in [7, 11) is 0. The number of hydrogen-bond donors (Lipinski definition) is 0. The van der Waals surface area contributed by atoms with Crippen molar-refractivity contribution in [2.24, 2.45) is 0 Å². The second-order valence-corrected chi connectivity index (χ2v) is 9.33. The number of fused-ring (bicyclic) bond motifs is 1. The predicted molar refractivity (Wildman–Crippen MR) is 107 cm³/mol. The molecule has 0 saturated carbocycles. The normalized spacial score (nSPS) is 14.3. The summed E-state index contributed by atoms with van der Waals surface area (Å²) in [5.41, 5.74) is 7.44. The fraction of sp³-hybridized carbons (Fsp3) is 0.458. The molecule has 138 valence electrons. The highest BCUT2D eigenvalue weighted by atomic mass is 16.5. The van der Waals surface area contributed by atoms with Crippen LogP contribution in [0.1, 0.15) is 68.0 Å². The van der Waals surface area contributed by atoms with Gasteiger partial charge in [0, 0.05) is 11.1 Å². The third-order valence-corrected chi connectivity index (χ3v) is 5.66. The summed E-state index contributed by atoms with van der Waals surface area (Å²) in [4.78, 5) is 11.9. The first-order valence-corrected chi connectivity index (χ1v) is 9.43. The summed E-state index contributed by atoms with van der Waals surface area (Å²) in [5, 5.41) is 0. The van der Waals surface area contributed by atoms with Gasteiger partial charge in [-0.1, -0.05) is 65.0 Å². The predicted octanol–water partition coefficient (Wildman–Crippen LogP) is 5.58. The minimum absolute atomic E-state index is 0.0286. The number of benzene rings is 2. The zero-order valence-electron chi connectivity index (χ0n) is 17.1. The third-order valence-electron chi connectivity index (χ3n) is 5.66. The molecule has 1 heterocycles. The Morgan fingerprint density at radius 2 is 1.73 bits per heavy atom. The van der Waals surface area contributed by atoms with E-state index in [1.807, 2.05) is 0 Å². The van der Waals surface area contributed by atoms with Gasteiger partial charge in [-0.2, -0.15) is 0 Å². The van der Waals surface area contributed by atoms with Crippen molar-refractivity contribution in [1.29, 1.82) is 0 Å². The van der Waals surface area contributed by atoms with Crippen molar-refractivity contribution in [3.63, 3.8) is 0 Å². The molecule has 2 heteroatoms. The summed E-state index contributed by atoms with van der Waals surface area (Å²) >= 11 is 0. The molecule has 0 aliphatic carbocycles. The average Bonchev–Trinajstić information content (AvgIpc) is 2.89. The van der Waals surface area contributed by atoms with Gasteiger partial charge in [-0.25, -0.2) is 0 Å². The quantitative estimate of drug-likeness (QED) is 0.533. The lowest BCUT2D eigenvalue weighted by atomic mass is 9.74. The maximum atomic E-state index is 11.9. The van der Waals surface area contributed by atoms with Crippen LogP contribution in [0.15, 0.2) is 30.3 Å². The standard InChI is InChI=1S/C24H30O2/c1-15-9-8-10-17(16(15)2)14-24(6,7)19-11-18-12-21(25)26-22(18)20(13-19)23(3,4)5/h8-11,13H,12,14H2,1-7H3. The molecule has 0 radical (unpaired) electrons. The molecule has 0 unspecified atom stereocenters. The van der Waals surface area contributed by atoms with E-state index >= 15 is 0 Å². The number of hydrogen-bond acceptors (Lipinski definition) is 2. The van der Waals surface area contributed by atoms with Crippen LogP contribution in [0.2, 0.25) is 0 Å². The Kier molecular flexibility index (Phi) is 4.50. The van der Waals surface area contributed by atoms with E-state index in [1.165, 1.54) is 22.3 Å². The molecule has 1 aliphatic rings. The zero-order chi connectivity index (χ0) is 19.3. The van der Waals surface area contributed by atoms with Crippen LogP contribution in [-0.4, -0.2) is 5.97 Å². The lowest BCUT2D eigenvalue weighted by Gasteiger charge is -2.30. The fourth-order valence-corrected chi connectivity index (χ4v) is 3.78. The maximum Gasteiger partial charge on any atom is 0.315 e. The van der Waals surface area contributed by atoms with Crippen LogP contribution >= 0.6 is 0 Å². The van der Waals surface area contributed by atoms with Gasteiger partial charge in [-0.3, -0.25) is 4.79 Å². The van der Waals surface area contributed by atoms with Gasteiger partial charge in [-0.15, -0.1) is 0 Å². The number of esters is 1. The van der Waals surface area contributed by atoms with Crippen LogP contribution in [0.25, 0.3) is 0 Å². The molecule has 1 aliphatic heterocycles. The van der Waals surface area contributed by atoms with E-state index in [0.29, 0.717) is 6.42 Å². The highest BCUT2D eigenvalue weighted by molar-refractivity contribution is 5.82. The Labute approximate surface area is 157 Å². The Hall–Kier alpha value is -2.09. The Morgan fingerprint density at radius 1 is 1.04 bits per heavy atom. The first-order valence-electron chi connectivity index (χ1n) is 9.43. The molecule has 0 aromatic heterocycles. The van der Waals surface area contributed by atoms with Crippen molar-refractivity contribution in [1.82, 2.24) is 0 Å². The number of rotatable bonds is 3. The van der Waals surface area contributed by atoms with Crippen molar-refractivity contribution in [3.8, 4) is 5.75 Å². The van der Waals surface area contributed by atoms with Crippen molar-refractivity contribution in [2.45, 2.75) is 72.1 Å². The van der Waals surface area contributed by atoms with Gasteiger partial charge in [0.2, 0.25) is 0 Å². The lowest BCUT2D eigenvalue weighted by molar-refractivity contribution is -0.131. The zero-order valence-corrected chi connectivity index (χ0v) is 17.1. The van der Waals surface area contributed by atoms with E-state index in [4.69, 9.17) is 4.74 Å². The number of ether oxygens (including phenoxy) is 1. The van der Waals surface area contributed by atoms with Gasteiger partial charge >= 0.3 is 5.97 Å². The van der Waals surface area contributed by atoms with E-state index in [9.17, 15) is 4.79 Å². The lowest BCUT2D eigenvalue weighted by Crippen LogP contribution is -2.23. The van der Waals surface area contributed by atoms with E-state index in [2.05, 4.69) is 78.8 Å². The molecule has 3 rings (SSSR count). The second-order valence-electron chi connectivity index (χ2n) is 9.33. The van der Waals surface area contributed by atoms with Crippen molar-refractivity contribution in [3.05, 3.63) is 63.7 Å². The van der Waals surface area contributed by atoms with E-state index in [-0.39, 0.29) is 16.8 Å². The van der Waals surface area contributed by atoms with Crippen molar-refractivity contribution in [2.75, 3.05) is 0 Å². The molecular formula is C24H30O2. The van der Waals surface area contributed by atoms with E-state index in [0.717, 1.165) is 23.3 Å². The van der Waals surface area contributed by atoms with Crippen LogP contribution < -0.4 is 4.74 Å². The molecule has 0 fully saturated rings. The topological polar surface area (TPSA) is 26.3 Å². The molecule has 0 N–H and O–H groups in total. The first-order chi connectivity index (χ1) is 12.0. The average molecular weight is 351 g/mol. The summed E-state index contributed by atoms with van der Waals surface area (Å²) in [6.45, 7) is 15.5. The molecule has 2 aromatic rings. The molecule has 26 heavy (non-hydrogen) atoms. The van der Waals surface area contributed by atoms with Gasteiger partial charge < -0.3 is 4.74 Å². The van der Waals surface area contributed by atoms with Crippen LogP contribution in [0, 0.1) is 13.8 Å². The summed E-state index contributed by atoms with van der Waals surface area (Å²) in [6, 6.07) is 11.0. The number of carbonyl (C=O) groups is 1. The number of carbonyl (C=O) groups excluding carboxylic acids is 1. The van der Waals surface area contributed by atoms with Gasteiger partial charge in [0.05, 0.1) is 6.42 Å². The molecule has 0 saturated heterocycles. The fourth-order valence-electron chi connectivity index (χ4n) is 3.78. The molecule has 0 bridgehead atoms. The molecule has 2 aromatic carbocycles. The second kappa shape index (κ2) is 6.26. The maximum absolute atomic E-state index is 11.9. The molecule has 0 amide bonds. The SMILES string of the molecule is Cc1cccc(CC(C)(C)c2cc3c(c(C(C)(C)C)c2)OC(=O)C3)c1C. The van der Waals surface area contributed by atoms with E-state index in [1.54, 1.807) is 0 Å². The highest BCUT2D eigenvalue weighted by Gasteiger charge is 2.32. The van der Waals surface area contributed by atoms with Gasteiger partial charge in [-0.05, 0) is 53.4 Å². The largest absolute Gasteiger partial charge is 0.426 e. The molecule has 0 spiro atoms. The van der Waals surface area contributed by atoms with Crippen LogP contribution in [0.4, 0.5) is 0 Å². The van der Waals surface area contributed by atoms with Crippen LogP contribution in [0.3, 0.4) is 0 Å². The minimum Gasteiger partial charge on any atom is -0.426 e. The summed E-state index contributed by atoms with van der Waals surface area (Å²) < 4.78 is 5.55. The Bertz CT molecular complexity index is 867. The van der Waals surface area contributed by atoms with E-state index < -0.39 is 0 Å². The van der Waals surface area contributed by atoms with Gasteiger partial charge in [0.25, 0.3) is 0 Å². The van der Waals surface area contributed by atoms with Crippen molar-refractivity contribution >= 4 is 5.97 Å². The van der Waals surface area contributed by atoms with Gasteiger partial charge in [0.15, 0.2) is 0 Å². The summed E-state index contributed by atoms with van der Waals surface area (Å²) in [6.07, 6.45) is 1.35. The Morgan fingerprint density at radius 3 is 2.38 bits per heavy atom. The monoisotopic (exact) mass is 350 g/mol. The molecular weight excluding hydrogens is 320 g/mol. The molecule has 2 nitrogen and oxygen atoms in total. The minimum atomic E-state index is -0.144. The third kappa shape index (κ3) is 3.42. The Balaban J connectivity index is 2.07. The highest BCUT2D eigenvalue weighted by Crippen LogP contribution is 2.42. The molecule has 0 atom stereocenters. The van der Waals surface area contributed by atoms with Crippen molar-refractivity contribution < 1.29 is 9.53 Å². The summed E-state index contributed by atoms with van der Waals surface area (Å²) in [5.74, 6) is 0.642. The van der Waals surface area contributed by atoms with Crippen LogP contribution in [-0.2, 0) is 28.5 Å². The van der Waals surface area contributed by atoms with Gasteiger partial charge in [0.1, 0.15) is 5.75 Å². The smallest absolute Gasteiger partial charge is 0.315 e. The van der Waals surface area contributed by atoms with Crippen LogP contribution in [0.5, 0.6) is 5.75 Å². The first kappa shape index (κ1) is 18.7. The number of aryl methyl sites for hydroxylation is 1.